The molecule has 1 aromatic heterocycles. The Morgan fingerprint density at radius 2 is 1.95 bits per heavy atom. The summed E-state index contributed by atoms with van der Waals surface area (Å²) in [5.41, 5.74) is 3.59. The van der Waals surface area contributed by atoms with Crippen LogP contribution in [0.5, 0.6) is 0 Å². The predicted octanol–water partition coefficient (Wildman–Crippen LogP) is 4.02. The lowest BCUT2D eigenvalue weighted by Crippen LogP contribution is -2.21. The quantitative estimate of drug-likeness (QED) is 0.839. The summed E-state index contributed by atoms with van der Waals surface area (Å²) in [6.07, 6.45) is 1.07. The zero-order valence-corrected chi connectivity index (χ0v) is 14.1. The van der Waals surface area contributed by atoms with Gasteiger partial charge in [0.1, 0.15) is 5.01 Å². The molecule has 0 radical (unpaired) electrons. The maximum Gasteiger partial charge on any atom is 0.124 e. The molecule has 1 heterocycles. The molecule has 4 heteroatoms. The minimum absolute atomic E-state index is 0.467. The largest absolute Gasteiger partial charge is 0.378 e. The number of nitrogens with zero attached hydrogens (tertiary/aromatic N) is 1. The van der Waals surface area contributed by atoms with Crippen molar-refractivity contribution >= 4 is 11.3 Å². The highest BCUT2D eigenvalue weighted by Crippen LogP contribution is 2.29. The van der Waals surface area contributed by atoms with Gasteiger partial charge in [0, 0.05) is 30.1 Å². The van der Waals surface area contributed by atoms with Gasteiger partial charge >= 0.3 is 0 Å². The Labute approximate surface area is 131 Å². The highest BCUT2D eigenvalue weighted by atomic mass is 32.1. The summed E-state index contributed by atoms with van der Waals surface area (Å²) in [6, 6.07) is 9.15. The molecule has 2 aromatic rings. The average molecular weight is 304 g/mol. The number of aryl methyl sites for hydroxylation is 1. The van der Waals surface area contributed by atoms with E-state index in [2.05, 4.69) is 50.4 Å². The molecule has 0 atom stereocenters. The van der Waals surface area contributed by atoms with Crippen molar-refractivity contribution in [3.8, 4) is 10.6 Å². The van der Waals surface area contributed by atoms with Crippen LogP contribution in [0.25, 0.3) is 10.6 Å². The molecule has 0 aliphatic rings. The van der Waals surface area contributed by atoms with E-state index in [1.54, 1.807) is 18.4 Å². The van der Waals surface area contributed by atoms with E-state index in [1.165, 1.54) is 16.0 Å². The van der Waals surface area contributed by atoms with Crippen LogP contribution in [0.1, 0.15) is 36.9 Å². The second-order valence-corrected chi connectivity index (χ2v) is 6.49. The minimum atomic E-state index is 0.467. The van der Waals surface area contributed by atoms with Crippen molar-refractivity contribution < 1.29 is 4.74 Å². The van der Waals surface area contributed by atoms with Crippen LogP contribution >= 0.6 is 11.3 Å². The van der Waals surface area contributed by atoms with Crippen LogP contribution in [0.15, 0.2) is 24.3 Å². The Bertz CT molecular complexity index is 561. The molecule has 1 aromatic carbocycles. The van der Waals surface area contributed by atoms with Crippen LogP contribution in [0, 0.1) is 0 Å². The summed E-state index contributed by atoms with van der Waals surface area (Å²) < 4.78 is 5.28. The van der Waals surface area contributed by atoms with Gasteiger partial charge < -0.3 is 10.1 Å². The first kappa shape index (κ1) is 16.1. The third-order valence-corrected chi connectivity index (χ3v) is 4.49. The lowest BCUT2D eigenvalue weighted by atomic mass is 10.1. The fourth-order valence-electron chi connectivity index (χ4n) is 2.07. The molecule has 2 rings (SSSR count). The molecule has 0 bridgehead atoms. The SMILES string of the molecule is CCc1ccc(-c2nc(COC)c(CNC(C)C)s2)cc1. The summed E-state index contributed by atoms with van der Waals surface area (Å²) in [6.45, 7) is 7.90. The van der Waals surface area contributed by atoms with Crippen molar-refractivity contribution in [2.75, 3.05) is 7.11 Å². The molecule has 0 fully saturated rings. The molecule has 0 saturated heterocycles. The molecule has 0 amide bonds. The van der Waals surface area contributed by atoms with Gasteiger partial charge in [0.25, 0.3) is 0 Å². The van der Waals surface area contributed by atoms with E-state index in [0.717, 1.165) is 23.7 Å². The number of rotatable bonds is 7. The lowest BCUT2D eigenvalue weighted by molar-refractivity contribution is 0.181. The standard InChI is InChI=1S/C17H24N2OS/c1-5-13-6-8-14(9-7-13)17-19-15(11-20-4)16(21-17)10-18-12(2)3/h6-9,12,18H,5,10-11H2,1-4H3. The van der Waals surface area contributed by atoms with Crippen LogP contribution in [0.2, 0.25) is 0 Å². The molecule has 0 spiro atoms. The maximum absolute atomic E-state index is 5.28. The van der Waals surface area contributed by atoms with E-state index in [4.69, 9.17) is 9.72 Å². The van der Waals surface area contributed by atoms with E-state index in [9.17, 15) is 0 Å². The van der Waals surface area contributed by atoms with Gasteiger partial charge in [-0.1, -0.05) is 45.0 Å². The zero-order valence-electron chi connectivity index (χ0n) is 13.3. The number of aromatic nitrogens is 1. The predicted molar refractivity (Wildman–Crippen MR) is 89.6 cm³/mol. The highest BCUT2D eigenvalue weighted by Gasteiger charge is 2.12. The van der Waals surface area contributed by atoms with Crippen LogP contribution < -0.4 is 5.32 Å². The van der Waals surface area contributed by atoms with E-state index < -0.39 is 0 Å². The summed E-state index contributed by atoms with van der Waals surface area (Å²) in [4.78, 5) is 6.02. The number of hydrogen-bond acceptors (Lipinski definition) is 4. The van der Waals surface area contributed by atoms with Crippen LogP contribution in [0.3, 0.4) is 0 Å². The molecule has 21 heavy (non-hydrogen) atoms. The van der Waals surface area contributed by atoms with Gasteiger partial charge in [0.2, 0.25) is 0 Å². The Morgan fingerprint density at radius 1 is 1.24 bits per heavy atom. The Morgan fingerprint density at radius 3 is 2.52 bits per heavy atom. The van der Waals surface area contributed by atoms with Crippen molar-refractivity contribution in [3.63, 3.8) is 0 Å². The van der Waals surface area contributed by atoms with Crippen LogP contribution in [-0.2, 0) is 24.3 Å². The van der Waals surface area contributed by atoms with Crippen molar-refractivity contribution in [3.05, 3.63) is 40.4 Å². The maximum atomic E-state index is 5.28. The monoisotopic (exact) mass is 304 g/mol. The average Bonchev–Trinajstić information content (AvgIpc) is 2.89. The van der Waals surface area contributed by atoms with Gasteiger partial charge in [-0.3, -0.25) is 0 Å². The summed E-state index contributed by atoms with van der Waals surface area (Å²) in [5.74, 6) is 0. The van der Waals surface area contributed by atoms with Crippen LogP contribution in [0.4, 0.5) is 0 Å². The van der Waals surface area contributed by atoms with E-state index in [-0.39, 0.29) is 0 Å². The van der Waals surface area contributed by atoms with Gasteiger partial charge in [0.05, 0.1) is 12.3 Å². The molecular formula is C17H24N2OS. The van der Waals surface area contributed by atoms with Crippen molar-refractivity contribution in [2.45, 2.75) is 46.4 Å². The Hall–Kier alpha value is -1.23. The third-order valence-electron chi connectivity index (χ3n) is 3.34. The summed E-state index contributed by atoms with van der Waals surface area (Å²) in [7, 11) is 1.72. The fourth-order valence-corrected chi connectivity index (χ4v) is 3.10. The first-order valence-corrected chi connectivity index (χ1v) is 8.25. The third kappa shape index (κ3) is 4.37. The fraction of sp³-hybridized carbons (Fsp3) is 0.471. The van der Waals surface area contributed by atoms with Gasteiger partial charge in [-0.2, -0.15) is 0 Å². The zero-order chi connectivity index (χ0) is 15.2. The molecule has 0 aliphatic carbocycles. The van der Waals surface area contributed by atoms with Gasteiger partial charge in [-0.15, -0.1) is 11.3 Å². The number of benzene rings is 1. The second kappa shape index (κ2) is 7.69. The molecule has 0 saturated carbocycles. The topological polar surface area (TPSA) is 34.1 Å². The Balaban J connectivity index is 2.24. The minimum Gasteiger partial charge on any atom is -0.378 e. The van der Waals surface area contributed by atoms with Crippen molar-refractivity contribution in [1.82, 2.24) is 10.3 Å². The van der Waals surface area contributed by atoms with E-state index in [0.29, 0.717) is 12.6 Å². The summed E-state index contributed by atoms with van der Waals surface area (Å²) >= 11 is 1.75. The smallest absolute Gasteiger partial charge is 0.124 e. The molecule has 0 unspecified atom stereocenters. The molecule has 114 valence electrons. The lowest BCUT2D eigenvalue weighted by Gasteiger charge is -2.07. The number of ether oxygens (including phenoxy) is 1. The molecule has 1 N–H and O–H groups in total. The van der Waals surface area contributed by atoms with Crippen molar-refractivity contribution in [1.29, 1.82) is 0 Å². The first-order valence-electron chi connectivity index (χ1n) is 7.44. The molecule has 0 aliphatic heterocycles. The first-order chi connectivity index (χ1) is 10.1. The van der Waals surface area contributed by atoms with Crippen LogP contribution in [-0.4, -0.2) is 18.1 Å². The highest BCUT2D eigenvalue weighted by molar-refractivity contribution is 7.15. The van der Waals surface area contributed by atoms with Crippen molar-refractivity contribution in [2.24, 2.45) is 0 Å². The number of methoxy groups -OCH3 is 1. The number of hydrogen-bond donors (Lipinski definition) is 1. The van der Waals surface area contributed by atoms with Gasteiger partial charge in [0.15, 0.2) is 0 Å². The number of nitrogens with one attached hydrogen (secondary N) is 1. The summed E-state index contributed by atoms with van der Waals surface area (Å²) in [5, 5.41) is 4.53. The Kier molecular flexibility index (Phi) is 5.91. The molecule has 3 nitrogen and oxygen atoms in total. The van der Waals surface area contributed by atoms with E-state index >= 15 is 0 Å². The van der Waals surface area contributed by atoms with Gasteiger partial charge in [-0.25, -0.2) is 4.98 Å². The van der Waals surface area contributed by atoms with Gasteiger partial charge in [-0.05, 0) is 12.0 Å². The molecular weight excluding hydrogens is 280 g/mol. The normalized spacial score (nSPS) is 11.3. The number of thiazole rings is 1. The van der Waals surface area contributed by atoms with E-state index in [1.807, 2.05) is 0 Å². The second-order valence-electron chi connectivity index (χ2n) is 5.41.